The number of nitrogens with zero attached hydrogens (tertiary/aromatic N) is 1. The van der Waals surface area contributed by atoms with E-state index in [1.807, 2.05) is 31.4 Å². The fourth-order valence-electron chi connectivity index (χ4n) is 2.03. The minimum absolute atomic E-state index is 0.105. The summed E-state index contributed by atoms with van der Waals surface area (Å²) in [6.07, 6.45) is 0. The smallest absolute Gasteiger partial charge is 0.243 e. The quantitative estimate of drug-likeness (QED) is 0.888. The zero-order chi connectivity index (χ0) is 15.5. The highest BCUT2D eigenvalue weighted by Crippen LogP contribution is 2.23. The molecule has 21 heavy (non-hydrogen) atoms. The lowest BCUT2D eigenvalue weighted by molar-refractivity contribution is 0.350. The van der Waals surface area contributed by atoms with E-state index in [2.05, 4.69) is 0 Å². The molecule has 0 aliphatic carbocycles. The molecule has 0 amide bonds. The molecule has 4 nitrogen and oxygen atoms in total. The standard InChI is InChI=1S/C15H20N2O2S2/c1-12(2)17(11-14-4-3-9-20-14)21(18,19)15-7-5-13(10-16)6-8-15/h3-9,12H,10-11,16H2,1-2H3. The van der Waals surface area contributed by atoms with Crippen LogP contribution in [-0.4, -0.2) is 18.8 Å². The van der Waals surface area contributed by atoms with Gasteiger partial charge in [-0.25, -0.2) is 8.42 Å². The van der Waals surface area contributed by atoms with Crippen LogP contribution in [0.25, 0.3) is 0 Å². The lowest BCUT2D eigenvalue weighted by atomic mass is 10.2. The highest BCUT2D eigenvalue weighted by atomic mass is 32.2. The Hall–Kier alpha value is -1.21. The van der Waals surface area contributed by atoms with E-state index < -0.39 is 10.0 Å². The molecule has 1 heterocycles. The molecular weight excluding hydrogens is 304 g/mol. The third-order valence-electron chi connectivity index (χ3n) is 3.23. The van der Waals surface area contributed by atoms with Crippen molar-refractivity contribution in [1.82, 2.24) is 4.31 Å². The minimum Gasteiger partial charge on any atom is -0.326 e. The summed E-state index contributed by atoms with van der Waals surface area (Å²) in [4.78, 5) is 1.34. The Bertz CT molecular complexity index is 662. The highest BCUT2D eigenvalue weighted by Gasteiger charge is 2.27. The van der Waals surface area contributed by atoms with Gasteiger partial charge in [0.2, 0.25) is 10.0 Å². The monoisotopic (exact) mass is 324 g/mol. The minimum atomic E-state index is -3.50. The Kier molecular flexibility index (Phi) is 5.16. The van der Waals surface area contributed by atoms with Gasteiger partial charge < -0.3 is 5.73 Å². The number of hydrogen-bond acceptors (Lipinski definition) is 4. The third-order valence-corrected chi connectivity index (χ3v) is 6.13. The van der Waals surface area contributed by atoms with E-state index in [0.717, 1.165) is 10.4 Å². The number of thiophene rings is 1. The fourth-order valence-corrected chi connectivity index (χ4v) is 4.43. The van der Waals surface area contributed by atoms with Crippen LogP contribution >= 0.6 is 11.3 Å². The van der Waals surface area contributed by atoms with E-state index in [0.29, 0.717) is 18.0 Å². The normalized spacial score (nSPS) is 12.2. The number of nitrogens with two attached hydrogens (primary N) is 1. The van der Waals surface area contributed by atoms with Crippen LogP contribution in [0.15, 0.2) is 46.7 Å². The van der Waals surface area contributed by atoms with Crippen LogP contribution in [0.4, 0.5) is 0 Å². The number of benzene rings is 1. The molecule has 2 rings (SSSR count). The van der Waals surface area contributed by atoms with E-state index in [1.165, 1.54) is 4.31 Å². The number of rotatable bonds is 6. The maximum absolute atomic E-state index is 12.8. The maximum atomic E-state index is 12.8. The molecule has 0 spiro atoms. The van der Waals surface area contributed by atoms with Crippen molar-refractivity contribution >= 4 is 21.4 Å². The zero-order valence-corrected chi connectivity index (χ0v) is 13.8. The number of sulfonamides is 1. The molecule has 0 saturated carbocycles. The molecule has 6 heteroatoms. The van der Waals surface area contributed by atoms with E-state index in [4.69, 9.17) is 5.73 Å². The lowest BCUT2D eigenvalue weighted by Crippen LogP contribution is -2.36. The van der Waals surface area contributed by atoms with Crippen LogP contribution < -0.4 is 5.73 Å². The molecule has 0 radical (unpaired) electrons. The molecule has 0 fully saturated rings. The van der Waals surface area contributed by atoms with Crippen LogP contribution in [0, 0.1) is 0 Å². The van der Waals surface area contributed by atoms with E-state index in [-0.39, 0.29) is 6.04 Å². The van der Waals surface area contributed by atoms with Gasteiger partial charge in [0.25, 0.3) is 0 Å². The molecule has 0 bridgehead atoms. The van der Waals surface area contributed by atoms with Gasteiger partial charge in [0.05, 0.1) is 4.90 Å². The van der Waals surface area contributed by atoms with Crippen LogP contribution in [0.5, 0.6) is 0 Å². The average Bonchev–Trinajstić information content (AvgIpc) is 2.97. The van der Waals surface area contributed by atoms with Crippen LogP contribution in [-0.2, 0) is 23.1 Å². The van der Waals surface area contributed by atoms with Crippen LogP contribution in [0.3, 0.4) is 0 Å². The first-order chi connectivity index (χ1) is 9.95. The summed E-state index contributed by atoms with van der Waals surface area (Å²) in [6.45, 7) is 4.58. The molecule has 1 aromatic heterocycles. The van der Waals surface area contributed by atoms with Crippen molar-refractivity contribution in [2.24, 2.45) is 5.73 Å². The second kappa shape index (κ2) is 6.70. The van der Waals surface area contributed by atoms with Crippen molar-refractivity contribution < 1.29 is 8.42 Å². The first kappa shape index (κ1) is 16.2. The summed E-state index contributed by atoms with van der Waals surface area (Å²) < 4.78 is 27.1. The molecule has 0 unspecified atom stereocenters. The summed E-state index contributed by atoms with van der Waals surface area (Å²) in [5.41, 5.74) is 6.47. The largest absolute Gasteiger partial charge is 0.326 e. The van der Waals surface area contributed by atoms with Gasteiger partial charge in [0.1, 0.15) is 0 Å². The summed E-state index contributed by atoms with van der Waals surface area (Å²) in [6, 6.07) is 10.6. The summed E-state index contributed by atoms with van der Waals surface area (Å²) in [5.74, 6) is 0. The van der Waals surface area contributed by atoms with Crippen molar-refractivity contribution in [3.63, 3.8) is 0 Å². The van der Waals surface area contributed by atoms with Crippen molar-refractivity contribution in [3.8, 4) is 0 Å². The third kappa shape index (κ3) is 3.71. The van der Waals surface area contributed by atoms with E-state index >= 15 is 0 Å². The predicted molar refractivity (Wildman–Crippen MR) is 86.5 cm³/mol. The van der Waals surface area contributed by atoms with Gasteiger partial charge in [-0.2, -0.15) is 4.31 Å². The molecule has 0 aliphatic heterocycles. The molecule has 114 valence electrons. The van der Waals surface area contributed by atoms with Gasteiger partial charge in [0, 0.05) is 24.0 Å². The molecule has 2 N–H and O–H groups in total. The molecular formula is C15H20N2O2S2. The van der Waals surface area contributed by atoms with Gasteiger partial charge in [-0.1, -0.05) is 18.2 Å². The van der Waals surface area contributed by atoms with Crippen LogP contribution in [0.2, 0.25) is 0 Å². The Labute approximate surface area is 130 Å². The summed E-state index contributed by atoms with van der Waals surface area (Å²) in [7, 11) is -3.50. The first-order valence-electron chi connectivity index (χ1n) is 6.78. The Morgan fingerprint density at radius 3 is 2.33 bits per heavy atom. The molecule has 0 aliphatic rings. The average molecular weight is 324 g/mol. The van der Waals surface area contributed by atoms with Crippen molar-refractivity contribution in [2.75, 3.05) is 0 Å². The van der Waals surface area contributed by atoms with Gasteiger partial charge in [0.15, 0.2) is 0 Å². The highest BCUT2D eigenvalue weighted by molar-refractivity contribution is 7.89. The van der Waals surface area contributed by atoms with Crippen molar-refractivity contribution in [1.29, 1.82) is 0 Å². The maximum Gasteiger partial charge on any atom is 0.243 e. The topological polar surface area (TPSA) is 63.4 Å². The molecule has 1 aromatic carbocycles. The predicted octanol–water partition coefficient (Wildman–Crippen LogP) is 2.81. The summed E-state index contributed by atoms with van der Waals surface area (Å²) >= 11 is 1.56. The van der Waals surface area contributed by atoms with E-state index in [1.54, 1.807) is 35.6 Å². The van der Waals surface area contributed by atoms with E-state index in [9.17, 15) is 8.42 Å². The van der Waals surface area contributed by atoms with Crippen LogP contribution in [0.1, 0.15) is 24.3 Å². The van der Waals surface area contributed by atoms with Gasteiger partial charge >= 0.3 is 0 Å². The summed E-state index contributed by atoms with van der Waals surface area (Å²) in [5, 5.41) is 1.95. The Morgan fingerprint density at radius 2 is 1.86 bits per heavy atom. The molecule has 0 atom stereocenters. The SMILES string of the molecule is CC(C)N(Cc1cccs1)S(=O)(=O)c1ccc(CN)cc1. The molecule has 0 saturated heterocycles. The van der Waals surface area contributed by atoms with Gasteiger partial charge in [-0.3, -0.25) is 0 Å². The first-order valence-corrected chi connectivity index (χ1v) is 9.10. The number of hydrogen-bond donors (Lipinski definition) is 1. The van der Waals surface area contributed by atoms with Gasteiger partial charge in [-0.15, -0.1) is 11.3 Å². The zero-order valence-electron chi connectivity index (χ0n) is 12.2. The van der Waals surface area contributed by atoms with Gasteiger partial charge in [-0.05, 0) is 43.0 Å². The lowest BCUT2D eigenvalue weighted by Gasteiger charge is -2.25. The Balaban J connectivity index is 2.32. The fraction of sp³-hybridized carbons (Fsp3) is 0.333. The second-order valence-corrected chi connectivity index (χ2v) is 7.99. The van der Waals surface area contributed by atoms with Crippen molar-refractivity contribution in [3.05, 3.63) is 52.2 Å². The molecule has 2 aromatic rings. The Morgan fingerprint density at radius 1 is 1.19 bits per heavy atom. The van der Waals surface area contributed by atoms with Crippen molar-refractivity contribution in [2.45, 2.75) is 37.9 Å². The second-order valence-electron chi connectivity index (χ2n) is 5.07.